The van der Waals surface area contributed by atoms with Crippen LogP contribution in [0.1, 0.15) is 0 Å². The van der Waals surface area contributed by atoms with E-state index in [4.69, 9.17) is 4.74 Å². The minimum atomic E-state index is 0.883. The zero-order valence-electron chi connectivity index (χ0n) is 33.2. The van der Waals surface area contributed by atoms with Crippen molar-refractivity contribution < 1.29 is 4.74 Å². The highest BCUT2D eigenvalue weighted by Crippen LogP contribution is 2.48. The first kappa shape index (κ1) is 34.9. The summed E-state index contributed by atoms with van der Waals surface area (Å²) in [6.07, 6.45) is 0. The largest absolute Gasteiger partial charge is 0.456 e. The average molecular weight is 779 g/mol. The molecule has 0 spiro atoms. The number of rotatable bonds is 7. The summed E-state index contributed by atoms with van der Waals surface area (Å²) in [6.45, 7) is 0. The summed E-state index contributed by atoms with van der Waals surface area (Å²) in [5.41, 5.74) is 16.1. The van der Waals surface area contributed by atoms with Crippen LogP contribution in [0.2, 0.25) is 0 Å². The summed E-state index contributed by atoms with van der Waals surface area (Å²) in [6, 6.07) is 82.8. The van der Waals surface area contributed by atoms with Crippen LogP contribution in [0.25, 0.3) is 82.8 Å². The third kappa shape index (κ3) is 5.98. The van der Waals surface area contributed by atoms with Crippen LogP contribution < -0.4 is 9.64 Å². The van der Waals surface area contributed by atoms with Crippen LogP contribution in [0.15, 0.2) is 231 Å². The lowest BCUT2D eigenvalue weighted by atomic mass is 9.93. The summed E-state index contributed by atoms with van der Waals surface area (Å²) < 4.78 is 8.90. The van der Waals surface area contributed by atoms with Gasteiger partial charge in [-0.05, 0) is 123 Å². The Bertz CT molecular complexity index is 3400. The highest BCUT2D eigenvalue weighted by Gasteiger charge is 2.21. The molecule has 0 N–H and O–H groups in total. The number of para-hydroxylation sites is 2. The van der Waals surface area contributed by atoms with E-state index in [0.717, 1.165) is 50.9 Å². The molecular formula is C58H38N2O. The molecule has 11 aromatic rings. The molecule has 286 valence electrons. The monoisotopic (exact) mass is 778 g/mol. The number of nitrogens with zero attached hydrogens (tertiary/aromatic N) is 2. The van der Waals surface area contributed by atoms with Crippen molar-refractivity contribution in [3.8, 4) is 61.7 Å². The van der Waals surface area contributed by atoms with E-state index in [1.54, 1.807) is 0 Å². The van der Waals surface area contributed by atoms with Crippen LogP contribution in [-0.2, 0) is 0 Å². The molecule has 0 saturated heterocycles. The van der Waals surface area contributed by atoms with Crippen molar-refractivity contribution in [2.75, 3.05) is 4.90 Å². The molecule has 0 radical (unpaired) electrons. The van der Waals surface area contributed by atoms with E-state index in [1.165, 1.54) is 60.4 Å². The number of benzene rings is 10. The van der Waals surface area contributed by atoms with Gasteiger partial charge in [-0.15, -0.1) is 0 Å². The average Bonchev–Trinajstić information content (AvgIpc) is 3.66. The molecule has 12 rings (SSSR count). The van der Waals surface area contributed by atoms with Gasteiger partial charge in [0.1, 0.15) is 11.5 Å². The van der Waals surface area contributed by atoms with Gasteiger partial charge in [0, 0.05) is 44.5 Å². The topological polar surface area (TPSA) is 17.4 Å². The van der Waals surface area contributed by atoms with Crippen LogP contribution in [0.4, 0.5) is 17.1 Å². The lowest BCUT2D eigenvalue weighted by Crippen LogP contribution is -2.09. The Morgan fingerprint density at radius 2 is 0.852 bits per heavy atom. The second kappa shape index (κ2) is 14.3. The molecule has 3 nitrogen and oxygen atoms in total. The summed E-state index contributed by atoms with van der Waals surface area (Å²) in [5, 5.41) is 4.87. The number of aromatic nitrogens is 1. The van der Waals surface area contributed by atoms with Gasteiger partial charge in [-0.2, -0.15) is 0 Å². The molecule has 0 atom stereocenters. The Morgan fingerprint density at radius 3 is 1.54 bits per heavy atom. The van der Waals surface area contributed by atoms with E-state index in [1.807, 2.05) is 0 Å². The Balaban J connectivity index is 0.910. The number of hydrogen-bond acceptors (Lipinski definition) is 2. The van der Waals surface area contributed by atoms with Gasteiger partial charge in [0.2, 0.25) is 0 Å². The molecule has 0 fully saturated rings. The van der Waals surface area contributed by atoms with Crippen molar-refractivity contribution >= 4 is 49.6 Å². The standard InChI is InChI=1S/C58H38N2O/c1-3-11-39(12-4-1)40-21-29-47(30-22-40)59(49-33-25-42(26-34-49)45-28-36-52-53-18-9-13-43-14-10-20-56(58(43)53)61-57(52)38-45)48-31-23-41(24-32-48)44-27-35-51-50-17-7-8-19-54(50)60(55(51)37-44)46-15-5-2-6-16-46/h1-38H. The van der Waals surface area contributed by atoms with Gasteiger partial charge < -0.3 is 14.2 Å². The molecule has 10 aromatic carbocycles. The normalized spacial score (nSPS) is 11.7. The lowest BCUT2D eigenvalue weighted by Gasteiger charge is -2.26. The van der Waals surface area contributed by atoms with Crippen molar-refractivity contribution in [3.63, 3.8) is 0 Å². The highest BCUT2D eigenvalue weighted by molar-refractivity contribution is 6.10. The van der Waals surface area contributed by atoms with Gasteiger partial charge in [0.15, 0.2) is 0 Å². The van der Waals surface area contributed by atoms with E-state index in [-0.39, 0.29) is 0 Å². The first-order chi connectivity index (χ1) is 30.2. The van der Waals surface area contributed by atoms with Crippen LogP contribution >= 0.6 is 0 Å². The maximum atomic E-state index is 6.52. The van der Waals surface area contributed by atoms with Gasteiger partial charge in [-0.25, -0.2) is 0 Å². The minimum Gasteiger partial charge on any atom is -0.456 e. The van der Waals surface area contributed by atoms with E-state index >= 15 is 0 Å². The molecular weight excluding hydrogens is 741 g/mol. The molecule has 0 bridgehead atoms. The predicted octanol–water partition coefficient (Wildman–Crippen LogP) is 16.2. The zero-order chi connectivity index (χ0) is 40.3. The second-order valence-electron chi connectivity index (χ2n) is 15.7. The molecule has 1 aliphatic heterocycles. The third-order valence-electron chi connectivity index (χ3n) is 12.2. The van der Waals surface area contributed by atoms with Gasteiger partial charge in [-0.1, -0.05) is 152 Å². The van der Waals surface area contributed by atoms with Crippen molar-refractivity contribution in [1.29, 1.82) is 0 Å². The molecule has 1 aliphatic rings. The number of fused-ring (bicyclic) bond motifs is 5. The lowest BCUT2D eigenvalue weighted by molar-refractivity contribution is 0.487. The van der Waals surface area contributed by atoms with Crippen LogP contribution in [-0.4, -0.2) is 4.57 Å². The van der Waals surface area contributed by atoms with E-state index < -0.39 is 0 Å². The quantitative estimate of drug-likeness (QED) is 0.160. The molecule has 0 amide bonds. The highest BCUT2D eigenvalue weighted by atomic mass is 16.5. The van der Waals surface area contributed by atoms with Crippen LogP contribution in [0, 0.1) is 0 Å². The fourth-order valence-electron chi connectivity index (χ4n) is 9.24. The van der Waals surface area contributed by atoms with Crippen molar-refractivity contribution in [2.45, 2.75) is 0 Å². The van der Waals surface area contributed by atoms with Crippen molar-refractivity contribution in [1.82, 2.24) is 4.57 Å². The van der Waals surface area contributed by atoms with Crippen molar-refractivity contribution in [3.05, 3.63) is 231 Å². The van der Waals surface area contributed by atoms with Crippen LogP contribution in [0.5, 0.6) is 11.5 Å². The Kier molecular flexibility index (Phi) is 8.17. The Hall–Kier alpha value is -8.14. The summed E-state index contributed by atoms with van der Waals surface area (Å²) in [5.74, 6) is 1.79. The molecule has 1 aromatic heterocycles. The third-order valence-corrected chi connectivity index (χ3v) is 12.2. The maximum Gasteiger partial charge on any atom is 0.135 e. The second-order valence-corrected chi connectivity index (χ2v) is 15.7. The molecule has 2 heterocycles. The predicted molar refractivity (Wildman–Crippen MR) is 255 cm³/mol. The van der Waals surface area contributed by atoms with Gasteiger partial charge in [0.25, 0.3) is 0 Å². The molecule has 0 aliphatic carbocycles. The number of ether oxygens (including phenoxy) is 1. The van der Waals surface area contributed by atoms with Crippen molar-refractivity contribution in [2.24, 2.45) is 0 Å². The van der Waals surface area contributed by atoms with Gasteiger partial charge >= 0.3 is 0 Å². The molecule has 0 unspecified atom stereocenters. The van der Waals surface area contributed by atoms with E-state index in [9.17, 15) is 0 Å². The Labute approximate surface area is 354 Å². The Morgan fingerprint density at radius 1 is 0.328 bits per heavy atom. The number of anilines is 3. The fraction of sp³-hybridized carbons (Fsp3) is 0. The number of hydrogen-bond donors (Lipinski definition) is 0. The molecule has 3 heteroatoms. The SMILES string of the molecule is c1ccc(-c2ccc(N(c3ccc(-c4ccc5c(c4)Oc4cccc6cccc-5c46)cc3)c3ccc(-c4ccc5c6ccccc6n(-c6ccccc6)c5c4)cc3)cc2)cc1. The molecule has 0 saturated carbocycles. The fourth-order valence-corrected chi connectivity index (χ4v) is 9.24. The van der Waals surface area contributed by atoms with E-state index in [0.29, 0.717) is 0 Å². The first-order valence-electron chi connectivity index (χ1n) is 20.8. The minimum absolute atomic E-state index is 0.883. The van der Waals surface area contributed by atoms with Gasteiger partial charge in [0.05, 0.1) is 11.0 Å². The smallest absolute Gasteiger partial charge is 0.135 e. The van der Waals surface area contributed by atoms with Gasteiger partial charge in [-0.3, -0.25) is 0 Å². The summed E-state index contributed by atoms with van der Waals surface area (Å²) in [7, 11) is 0. The summed E-state index contributed by atoms with van der Waals surface area (Å²) >= 11 is 0. The van der Waals surface area contributed by atoms with E-state index in [2.05, 4.69) is 240 Å². The van der Waals surface area contributed by atoms with Crippen LogP contribution in [0.3, 0.4) is 0 Å². The maximum absolute atomic E-state index is 6.52. The summed E-state index contributed by atoms with van der Waals surface area (Å²) in [4.78, 5) is 2.34. The first-order valence-corrected chi connectivity index (χ1v) is 20.8. The zero-order valence-corrected chi connectivity index (χ0v) is 33.2. The molecule has 61 heavy (non-hydrogen) atoms.